The van der Waals surface area contributed by atoms with E-state index in [1.165, 1.54) is 22.9 Å². The van der Waals surface area contributed by atoms with Crippen LogP contribution in [0.15, 0.2) is 76.5 Å². The van der Waals surface area contributed by atoms with Crippen molar-refractivity contribution in [1.82, 2.24) is 44.5 Å². The molecule has 2 fully saturated rings. The van der Waals surface area contributed by atoms with Crippen molar-refractivity contribution in [1.29, 1.82) is 0 Å². The predicted octanol–water partition coefficient (Wildman–Crippen LogP) is 4.54. The van der Waals surface area contributed by atoms with Gasteiger partial charge in [0.15, 0.2) is 23.3 Å². The topological polar surface area (TPSA) is 162 Å². The van der Waals surface area contributed by atoms with Gasteiger partial charge in [0.05, 0.1) is 55.2 Å². The molecule has 2 saturated heterocycles. The molecule has 1 atom stereocenters. The Morgan fingerprint density at radius 1 is 0.811 bits per heavy atom. The Kier molecular flexibility index (Phi) is 9.50. The minimum atomic E-state index is -0.693. The van der Waals surface area contributed by atoms with Crippen LogP contribution >= 0.6 is 27.5 Å². The van der Waals surface area contributed by atoms with Gasteiger partial charge in [0.2, 0.25) is 0 Å². The van der Waals surface area contributed by atoms with Crippen molar-refractivity contribution in [3.05, 3.63) is 104 Å². The van der Waals surface area contributed by atoms with Gasteiger partial charge < -0.3 is 24.4 Å². The monoisotopic (exact) mass is 805 g/mol. The van der Waals surface area contributed by atoms with Crippen LogP contribution in [0.2, 0.25) is 5.02 Å². The fraction of sp³-hybridized carbons (Fsp3) is 0.235. The first-order chi connectivity index (χ1) is 25.7. The SMILES string of the molecule is O=c1ccc(-c2cc(Br)cc(Cl)c2O)nn1-c1ncc(F)c(N2CCOC(c3ccc(-c4ccn(-c5ncc(F)c(N6CCOCC6)n5)n4)nc3)C2)n1. The van der Waals surface area contributed by atoms with Crippen molar-refractivity contribution in [3.63, 3.8) is 0 Å². The summed E-state index contributed by atoms with van der Waals surface area (Å²) in [6.07, 6.45) is 4.96. The van der Waals surface area contributed by atoms with Crippen LogP contribution in [0.5, 0.6) is 5.75 Å². The first-order valence-corrected chi connectivity index (χ1v) is 17.4. The standard InChI is InChI=1S/C34H27BrClF2N11O4/c35-20-13-21(30(51)22(36)14-20)25-3-4-29(50)49(45-25)34-41-17-24(38)32(43-34)47-9-12-53-28(18-47)19-1-2-26(39-15-19)27-5-6-48(44-27)33-40-16-23(37)31(42-33)46-7-10-52-11-8-46/h1-6,13-17,28,51H,7-12,18H2. The summed E-state index contributed by atoms with van der Waals surface area (Å²) >= 11 is 9.48. The molecule has 1 aromatic carbocycles. The van der Waals surface area contributed by atoms with Gasteiger partial charge in [-0.1, -0.05) is 33.6 Å². The number of halogens is 4. The van der Waals surface area contributed by atoms with Crippen LogP contribution in [-0.4, -0.2) is 95.6 Å². The minimum absolute atomic E-state index is 0.0364. The molecular weight excluding hydrogens is 780 g/mol. The van der Waals surface area contributed by atoms with Crippen molar-refractivity contribution in [2.45, 2.75) is 6.10 Å². The van der Waals surface area contributed by atoms with Crippen molar-refractivity contribution >= 4 is 39.2 Å². The quantitative estimate of drug-likeness (QED) is 0.240. The van der Waals surface area contributed by atoms with Gasteiger partial charge in [-0.25, -0.2) is 23.4 Å². The van der Waals surface area contributed by atoms with E-state index in [2.05, 4.69) is 51.0 Å². The van der Waals surface area contributed by atoms with Gasteiger partial charge in [-0.3, -0.25) is 9.78 Å². The molecule has 19 heteroatoms. The van der Waals surface area contributed by atoms with Crippen LogP contribution in [0.4, 0.5) is 20.4 Å². The Morgan fingerprint density at radius 2 is 1.53 bits per heavy atom. The molecule has 7 heterocycles. The summed E-state index contributed by atoms with van der Waals surface area (Å²) < 4.78 is 44.2. The molecule has 1 unspecified atom stereocenters. The largest absolute Gasteiger partial charge is 0.506 e. The van der Waals surface area contributed by atoms with Crippen LogP contribution in [0.1, 0.15) is 11.7 Å². The summed E-state index contributed by atoms with van der Waals surface area (Å²) in [6, 6.07) is 11.2. The van der Waals surface area contributed by atoms with E-state index >= 15 is 4.39 Å². The molecule has 15 nitrogen and oxygen atoms in total. The van der Waals surface area contributed by atoms with Gasteiger partial charge >= 0.3 is 0 Å². The number of aromatic nitrogens is 9. The average Bonchev–Trinajstić information content (AvgIpc) is 3.68. The Morgan fingerprint density at radius 3 is 2.30 bits per heavy atom. The molecule has 0 spiro atoms. The molecule has 1 N–H and O–H groups in total. The van der Waals surface area contributed by atoms with E-state index in [4.69, 9.17) is 21.1 Å². The number of phenols is 1. The molecule has 0 amide bonds. The first-order valence-electron chi connectivity index (χ1n) is 16.3. The van der Waals surface area contributed by atoms with Crippen molar-refractivity contribution in [3.8, 4) is 40.3 Å². The summed E-state index contributed by atoms with van der Waals surface area (Å²) in [4.78, 5) is 37.9. The maximum absolute atomic E-state index is 15.3. The molecule has 0 saturated carbocycles. The maximum Gasteiger partial charge on any atom is 0.274 e. The van der Waals surface area contributed by atoms with Crippen LogP contribution in [0, 0.1) is 11.6 Å². The summed E-state index contributed by atoms with van der Waals surface area (Å²) in [6.45, 7) is 2.83. The highest BCUT2D eigenvalue weighted by Crippen LogP contribution is 2.37. The van der Waals surface area contributed by atoms with Crippen LogP contribution in [0.25, 0.3) is 34.5 Å². The molecule has 0 bridgehead atoms. The Hall–Kier alpha value is -5.43. The number of benzene rings is 1. The predicted molar refractivity (Wildman–Crippen MR) is 191 cm³/mol. The number of pyridine rings is 1. The van der Waals surface area contributed by atoms with Gasteiger partial charge in [-0.2, -0.15) is 24.8 Å². The number of anilines is 2. The average molecular weight is 807 g/mol. The van der Waals surface area contributed by atoms with E-state index in [9.17, 15) is 14.3 Å². The smallest absolute Gasteiger partial charge is 0.274 e. The summed E-state index contributed by atoms with van der Waals surface area (Å²) in [5, 5.41) is 19.5. The van der Waals surface area contributed by atoms with Gasteiger partial charge in [-0.05, 0) is 30.3 Å². The molecule has 2 aliphatic heterocycles. The van der Waals surface area contributed by atoms with E-state index in [1.54, 1.807) is 35.5 Å². The first kappa shape index (κ1) is 34.6. The van der Waals surface area contributed by atoms with Crippen LogP contribution < -0.4 is 15.4 Å². The Bertz CT molecular complexity index is 2380. The number of nitrogens with zero attached hydrogens (tertiary/aromatic N) is 11. The highest BCUT2D eigenvalue weighted by molar-refractivity contribution is 9.10. The Balaban J connectivity index is 1.000. The number of ether oxygens (including phenoxy) is 2. The second-order valence-electron chi connectivity index (χ2n) is 12.0. The van der Waals surface area contributed by atoms with Crippen molar-refractivity contribution in [2.24, 2.45) is 0 Å². The highest BCUT2D eigenvalue weighted by Gasteiger charge is 2.27. The molecule has 0 aliphatic carbocycles. The lowest BCUT2D eigenvalue weighted by Crippen LogP contribution is -2.39. The molecule has 53 heavy (non-hydrogen) atoms. The lowest BCUT2D eigenvalue weighted by molar-refractivity contribution is 0.0390. The zero-order chi connectivity index (χ0) is 36.6. The molecule has 8 rings (SSSR count). The number of hydrogen-bond donors (Lipinski definition) is 1. The summed E-state index contributed by atoms with van der Waals surface area (Å²) in [5.41, 5.74) is 1.78. The zero-order valence-electron chi connectivity index (χ0n) is 27.5. The molecule has 270 valence electrons. The van der Waals surface area contributed by atoms with E-state index in [1.807, 2.05) is 11.0 Å². The second kappa shape index (κ2) is 14.5. The normalized spacial score (nSPS) is 16.3. The number of rotatable bonds is 7. The number of hydrogen-bond acceptors (Lipinski definition) is 13. The maximum atomic E-state index is 15.3. The van der Waals surface area contributed by atoms with Gasteiger partial charge in [-0.15, -0.1) is 0 Å². The van der Waals surface area contributed by atoms with Gasteiger partial charge in [0.25, 0.3) is 17.5 Å². The van der Waals surface area contributed by atoms with Crippen LogP contribution in [-0.2, 0) is 9.47 Å². The number of aromatic hydroxyl groups is 1. The van der Waals surface area contributed by atoms with Crippen molar-refractivity contribution in [2.75, 3.05) is 55.8 Å². The third kappa shape index (κ3) is 7.05. The lowest BCUT2D eigenvalue weighted by Gasteiger charge is -2.34. The van der Waals surface area contributed by atoms with E-state index in [0.29, 0.717) is 48.7 Å². The fourth-order valence-electron chi connectivity index (χ4n) is 5.95. The fourth-order valence-corrected chi connectivity index (χ4v) is 6.76. The third-order valence-corrected chi connectivity index (χ3v) is 9.36. The van der Waals surface area contributed by atoms with E-state index in [0.717, 1.165) is 22.6 Å². The molecule has 5 aromatic heterocycles. The lowest BCUT2D eigenvalue weighted by atomic mass is 10.1. The van der Waals surface area contributed by atoms with Gasteiger partial charge in [0.1, 0.15) is 17.5 Å². The Labute approximate surface area is 312 Å². The zero-order valence-corrected chi connectivity index (χ0v) is 29.8. The second-order valence-corrected chi connectivity index (χ2v) is 13.3. The number of phenolic OH excluding ortho intramolecular Hbond substituents is 1. The molecular formula is C34H27BrClF2N11O4. The molecule has 2 aliphatic rings. The highest BCUT2D eigenvalue weighted by atomic mass is 79.9. The van der Waals surface area contributed by atoms with E-state index in [-0.39, 0.29) is 58.7 Å². The summed E-state index contributed by atoms with van der Waals surface area (Å²) in [5.74, 6) is -1.22. The molecule has 6 aromatic rings. The van der Waals surface area contributed by atoms with Crippen molar-refractivity contribution < 1.29 is 23.4 Å². The van der Waals surface area contributed by atoms with Crippen LogP contribution in [0.3, 0.4) is 0 Å². The number of morpholine rings is 2. The van der Waals surface area contributed by atoms with E-state index < -0.39 is 23.3 Å². The molecule has 0 radical (unpaired) electrons. The third-order valence-electron chi connectivity index (χ3n) is 8.61. The summed E-state index contributed by atoms with van der Waals surface area (Å²) in [7, 11) is 0. The van der Waals surface area contributed by atoms with Gasteiger partial charge in [0, 0.05) is 53.7 Å². The minimum Gasteiger partial charge on any atom is -0.506 e.